The fourth-order valence-electron chi connectivity index (χ4n) is 3.64. The smallest absolute Gasteiger partial charge is 0.240 e. The van der Waals surface area contributed by atoms with Crippen LogP contribution in [0.5, 0.6) is 5.75 Å². The number of rotatable bonds is 5. The number of fused-ring (bicyclic) bond motifs is 1. The zero-order valence-corrected chi connectivity index (χ0v) is 19.2. The van der Waals surface area contributed by atoms with Crippen molar-refractivity contribution in [1.29, 1.82) is 0 Å². The zero-order chi connectivity index (χ0) is 22.8. The highest BCUT2D eigenvalue weighted by molar-refractivity contribution is 8.00. The van der Waals surface area contributed by atoms with Crippen LogP contribution in [0, 0.1) is 0 Å². The predicted molar refractivity (Wildman–Crippen MR) is 130 cm³/mol. The molecule has 4 aromatic rings. The van der Waals surface area contributed by atoms with Gasteiger partial charge in [-0.1, -0.05) is 65.8 Å². The lowest BCUT2D eigenvalue weighted by Crippen LogP contribution is -2.41. The molecule has 0 spiro atoms. The summed E-state index contributed by atoms with van der Waals surface area (Å²) in [7, 11) is 1.63. The molecular formula is C24H20ClN5O2S. The van der Waals surface area contributed by atoms with Crippen molar-refractivity contribution in [3.8, 4) is 17.1 Å². The quantitative estimate of drug-likeness (QED) is 0.421. The molecule has 2 atom stereocenters. The van der Waals surface area contributed by atoms with E-state index in [9.17, 15) is 4.79 Å². The Hall–Kier alpha value is -3.49. The molecule has 1 aromatic heterocycles. The second-order valence-corrected chi connectivity index (χ2v) is 8.97. The van der Waals surface area contributed by atoms with E-state index in [1.165, 1.54) is 11.8 Å². The number of nitrogens with one attached hydrogen (secondary N) is 2. The molecule has 2 unspecified atom stereocenters. The maximum absolute atomic E-state index is 13.4. The standard InChI is InChI=1S/C24H20ClN5O2S/c1-32-19-13-7-15(8-14-19)20-21(23(31)26-18-11-9-17(25)10-12-18)33-24-28-27-22(30(24)29-20)16-5-3-2-4-6-16/h2-14,20-21,29H,1H3,(H,26,31). The predicted octanol–water partition coefficient (Wildman–Crippen LogP) is 5.00. The first-order chi connectivity index (χ1) is 16.1. The fourth-order valence-corrected chi connectivity index (χ4v) is 4.84. The van der Waals surface area contributed by atoms with E-state index < -0.39 is 5.25 Å². The van der Waals surface area contributed by atoms with Crippen molar-refractivity contribution in [1.82, 2.24) is 14.9 Å². The van der Waals surface area contributed by atoms with Crippen molar-refractivity contribution in [3.05, 3.63) is 89.4 Å². The Morgan fingerprint density at radius 2 is 1.76 bits per heavy atom. The van der Waals surface area contributed by atoms with Gasteiger partial charge < -0.3 is 15.5 Å². The van der Waals surface area contributed by atoms with Crippen LogP contribution in [0.4, 0.5) is 5.69 Å². The molecule has 0 bridgehead atoms. The molecule has 0 fully saturated rings. The van der Waals surface area contributed by atoms with Gasteiger partial charge in [-0.15, -0.1) is 10.2 Å². The second-order valence-electron chi connectivity index (χ2n) is 7.42. The van der Waals surface area contributed by atoms with Crippen LogP contribution in [0.25, 0.3) is 11.4 Å². The Bertz CT molecular complexity index is 1260. The molecule has 0 radical (unpaired) electrons. The minimum absolute atomic E-state index is 0.147. The third kappa shape index (κ3) is 4.40. The van der Waals surface area contributed by atoms with Crippen molar-refractivity contribution in [2.45, 2.75) is 16.4 Å². The molecule has 0 saturated carbocycles. The van der Waals surface area contributed by atoms with Crippen LogP contribution >= 0.6 is 23.4 Å². The van der Waals surface area contributed by atoms with Crippen molar-refractivity contribution >= 4 is 35.0 Å². The molecule has 7 nitrogen and oxygen atoms in total. The highest BCUT2D eigenvalue weighted by atomic mass is 35.5. The van der Waals surface area contributed by atoms with Gasteiger partial charge >= 0.3 is 0 Å². The normalized spacial score (nSPS) is 17.0. The number of carbonyl (C=O) groups excluding carboxylic acids is 1. The Morgan fingerprint density at radius 1 is 1.03 bits per heavy atom. The van der Waals surface area contributed by atoms with Gasteiger partial charge in [-0.25, -0.2) is 4.68 Å². The molecule has 0 saturated heterocycles. The molecule has 33 heavy (non-hydrogen) atoms. The van der Waals surface area contributed by atoms with Crippen molar-refractivity contribution in [2.24, 2.45) is 0 Å². The van der Waals surface area contributed by atoms with Gasteiger partial charge in [-0.3, -0.25) is 4.79 Å². The lowest BCUT2D eigenvalue weighted by molar-refractivity contribution is -0.116. The summed E-state index contributed by atoms with van der Waals surface area (Å²) in [4.78, 5) is 13.4. The first kappa shape index (κ1) is 21.4. The highest BCUT2D eigenvalue weighted by Gasteiger charge is 2.38. The van der Waals surface area contributed by atoms with E-state index >= 15 is 0 Å². The van der Waals surface area contributed by atoms with Crippen LogP contribution in [0.2, 0.25) is 5.02 Å². The number of halogens is 1. The molecule has 1 aliphatic heterocycles. The number of nitrogens with zero attached hydrogens (tertiary/aromatic N) is 3. The van der Waals surface area contributed by atoms with Crippen LogP contribution in [0.3, 0.4) is 0 Å². The number of carbonyl (C=O) groups is 1. The Labute approximate surface area is 200 Å². The van der Waals surface area contributed by atoms with Gasteiger partial charge in [-0.2, -0.15) is 0 Å². The summed E-state index contributed by atoms with van der Waals surface area (Å²) in [5.41, 5.74) is 6.02. The third-order valence-corrected chi connectivity index (χ3v) is 6.78. The maximum atomic E-state index is 13.4. The first-order valence-electron chi connectivity index (χ1n) is 10.3. The van der Waals surface area contributed by atoms with Crippen molar-refractivity contribution < 1.29 is 9.53 Å². The third-order valence-electron chi connectivity index (χ3n) is 5.31. The minimum atomic E-state index is -0.491. The number of thioether (sulfide) groups is 1. The van der Waals surface area contributed by atoms with Crippen LogP contribution in [-0.4, -0.2) is 33.1 Å². The average molecular weight is 478 g/mol. The summed E-state index contributed by atoms with van der Waals surface area (Å²) < 4.78 is 7.15. The van der Waals surface area contributed by atoms with E-state index in [0.717, 1.165) is 16.9 Å². The summed E-state index contributed by atoms with van der Waals surface area (Å²) in [6.07, 6.45) is 0. The first-order valence-corrected chi connectivity index (χ1v) is 11.5. The van der Waals surface area contributed by atoms with E-state index in [2.05, 4.69) is 20.9 Å². The van der Waals surface area contributed by atoms with Crippen LogP contribution in [0.1, 0.15) is 11.6 Å². The monoisotopic (exact) mass is 477 g/mol. The summed E-state index contributed by atoms with van der Waals surface area (Å²) >= 11 is 7.35. The van der Waals surface area contributed by atoms with Gasteiger partial charge in [0.15, 0.2) is 5.82 Å². The SMILES string of the molecule is COc1ccc(C2Nn3c(nnc3-c3ccccc3)SC2C(=O)Nc2ccc(Cl)cc2)cc1. The van der Waals surface area contributed by atoms with Gasteiger partial charge in [0.05, 0.1) is 13.2 Å². The Balaban J connectivity index is 1.50. The number of aromatic nitrogens is 3. The number of methoxy groups -OCH3 is 1. The molecule has 166 valence electrons. The van der Waals surface area contributed by atoms with Crippen LogP contribution in [-0.2, 0) is 4.79 Å². The molecule has 5 rings (SSSR count). The van der Waals surface area contributed by atoms with Crippen molar-refractivity contribution in [2.75, 3.05) is 17.9 Å². The number of anilines is 1. The number of amides is 1. The molecular weight excluding hydrogens is 458 g/mol. The fraction of sp³-hybridized carbons (Fsp3) is 0.125. The van der Waals surface area contributed by atoms with Crippen LogP contribution in [0.15, 0.2) is 84.0 Å². The summed E-state index contributed by atoms with van der Waals surface area (Å²) in [5.74, 6) is 1.29. The maximum Gasteiger partial charge on any atom is 0.240 e. The van der Waals surface area contributed by atoms with Gasteiger partial charge in [0.25, 0.3) is 0 Å². The molecule has 1 aliphatic rings. The van der Waals surface area contributed by atoms with Crippen LogP contribution < -0.4 is 15.5 Å². The van der Waals surface area contributed by atoms with E-state index in [1.807, 2.05) is 59.3 Å². The van der Waals surface area contributed by atoms with E-state index in [0.29, 0.717) is 21.7 Å². The largest absolute Gasteiger partial charge is 0.497 e. The van der Waals surface area contributed by atoms with Gasteiger partial charge in [0.2, 0.25) is 11.1 Å². The summed E-state index contributed by atoms with van der Waals surface area (Å²) in [5, 5.41) is 12.4. The van der Waals surface area contributed by atoms with Gasteiger partial charge in [0, 0.05) is 16.3 Å². The van der Waals surface area contributed by atoms with Gasteiger partial charge in [0.1, 0.15) is 11.0 Å². The minimum Gasteiger partial charge on any atom is -0.497 e. The molecule has 9 heteroatoms. The number of ether oxygens (including phenoxy) is 1. The second kappa shape index (κ2) is 9.17. The molecule has 0 aliphatic carbocycles. The molecule has 2 heterocycles. The zero-order valence-electron chi connectivity index (χ0n) is 17.6. The Morgan fingerprint density at radius 3 is 2.45 bits per heavy atom. The number of hydrogen-bond donors (Lipinski definition) is 2. The average Bonchev–Trinajstić information content (AvgIpc) is 3.28. The number of hydrogen-bond acceptors (Lipinski definition) is 6. The summed E-state index contributed by atoms with van der Waals surface area (Å²) in [6.45, 7) is 0. The highest BCUT2D eigenvalue weighted by Crippen LogP contribution is 2.39. The summed E-state index contributed by atoms with van der Waals surface area (Å²) in [6, 6.07) is 24.2. The number of benzene rings is 3. The lowest BCUT2D eigenvalue weighted by atomic mass is 10.0. The molecule has 1 amide bonds. The topological polar surface area (TPSA) is 81.1 Å². The van der Waals surface area contributed by atoms with Gasteiger partial charge in [-0.05, 0) is 42.0 Å². The van der Waals surface area contributed by atoms with Crippen molar-refractivity contribution in [3.63, 3.8) is 0 Å². The lowest BCUT2D eigenvalue weighted by Gasteiger charge is -2.33. The molecule has 3 aromatic carbocycles. The van der Waals surface area contributed by atoms with E-state index in [-0.39, 0.29) is 11.9 Å². The Kier molecular flexibility index (Phi) is 5.93. The molecule has 2 N–H and O–H groups in total. The van der Waals surface area contributed by atoms with E-state index in [4.69, 9.17) is 16.3 Å². The van der Waals surface area contributed by atoms with E-state index in [1.54, 1.807) is 31.4 Å².